The minimum atomic E-state index is -3.62. The molecule has 20 heavy (non-hydrogen) atoms. The Kier molecular flexibility index (Phi) is 5.95. The first-order valence-electron chi connectivity index (χ1n) is 5.72. The van der Waals surface area contributed by atoms with Crippen LogP contribution in [0, 0.1) is 6.92 Å². The van der Waals surface area contributed by atoms with Crippen LogP contribution in [-0.2, 0) is 23.1 Å². The molecule has 110 valence electrons. The predicted molar refractivity (Wildman–Crippen MR) is 73.5 cm³/mol. The van der Waals surface area contributed by atoms with E-state index in [-0.39, 0.29) is 12.1 Å². The maximum atomic E-state index is 11.8. The predicted octanol–water partition coefficient (Wildman–Crippen LogP) is 2.87. The van der Waals surface area contributed by atoms with Gasteiger partial charge in [-0.15, -0.1) is 0 Å². The normalized spacial score (nSPS) is 10.9. The number of carbonyl (C=O) groups excluding carboxylic acids is 1. The topological polar surface area (TPSA) is 71.1 Å². The van der Waals surface area contributed by atoms with Crippen LogP contribution in [0.3, 0.4) is 0 Å². The second kappa shape index (κ2) is 7.24. The average molecular weight is 300 g/mol. The zero-order valence-corrected chi connectivity index (χ0v) is 12.5. The van der Waals surface area contributed by atoms with Crippen molar-refractivity contribution in [2.24, 2.45) is 0 Å². The monoisotopic (exact) mass is 300 g/mol. The van der Waals surface area contributed by atoms with Crippen LogP contribution >= 0.6 is 7.60 Å². The van der Waals surface area contributed by atoms with E-state index in [1.165, 1.54) is 14.2 Å². The Labute approximate surface area is 117 Å². The molecule has 0 saturated heterocycles. The lowest BCUT2D eigenvalue weighted by atomic mass is 10.2. The van der Waals surface area contributed by atoms with E-state index in [2.05, 4.69) is 15.6 Å². The summed E-state index contributed by atoms with van der Waals surface area (Å²) in [6.07, 6.45) is 0. The quantitative estimate of drug-likeness (QED) is 0.438. The zero-order chi connectivity index (χ0) is 15.2. The Bertz CT molecular complexity index is 514. The molecule has 0 bridgehead atoms. The van der Waals surface area contributed by atoms with Crippen molar-refractivity contribution in [3.8, 4) is 5.75 Å². The van der Waals surface area contributed by atoms with Crippen LogP contribution in [0.25, 0.3) is 0 Å². The van der Waals surface area contributed by atoms with Crippen LogP contribution < -0.4 is 4.74 Å². The van der Waals surface area contributed by atoms with Crippen molar-refractivity contribution in [2.45, 2.75) is 6.92 Å². The standard InChI is InChI=1S/C13H17O6P/c1-10-5-7-12(8-6-10)18-9-13(14)19-11(2)20(15,16-3)17-4/h5-8H,2,9H2,1,3-4H3. The third kappa shape index (κ3) is 4.49. The molecule has 0 aliphatic carbocycles. The van der Waals surface area contributed by atoms with E-state index in [9.17, 15) is 9.36 Å². The van der Waals surface area contributed by atoms with E-state index in [0.29, 0.717) is 5.75 Å². The molecule has 0 heterocycles. The van der Waals surface area contributed by atoms with Gasteiger partial charge in [-0.3, -0.25) is 4.57 Å². The fraction of sp³-hybridized carbons (Fsp3) is 0.308. The summed E-state index contributed by atoms with van der Waals surface area (Å²) in [6.45, 7) is 4.97. The first-order chi connectivity index (χ1) is 9.41. The summed E-state index contributed by atoms with van der Waals surface area (Å²) in [5, 5.41) is 0. The molecular weight excluding hydrogens is 283 g/mol. The number of carbonyl (C=O) groups is 1. The molecule has 0 unspecified atom stereocenters. The summed E-state index contributed by atoms with van der Waals surface area (Å²) < 4.78 is 31.1. The number of hydrogen-bond donors (Lipinski definition) is 0. The number of rotatable bonds is 7. The van der Waals surface area contributed by atoms with Gasteiger partial charge in [0.2, 0.25) is 5.50 Å². The molecule has 1 aromatic carbocycles. The van der Waals surface area contributed by atoms with Gasteiger partial charge in [0.1, 0.15) is 5.75 Å². The third-order valence-electron chi connectivity index (χ3n) is 2.40. The summed E-state index contributed by atoms with van der Waals surface area (Å²) in [5.74, 6) is -0.218. The minimum Gasteiger partial charge on any atom is -0.482 e. The fourth-order valence-corrected chi connectivity index (χ4v) is 2.04. The van der Waals surface area contributed by atoms with E-state index in [1.807, 2.05) is 19.1 Å². The van der Waals surface area contributed by atoms with Gasteiger partial charge in [0.05, 0.1) is 0 Å². The van der Waals surface area contributed by atoms with Crippen LogP contribution in [0.4, 0.5) is 0 Å². The Morgan fingerprint density at radius 3 is 2.25 bits per heavy atom. The van der Waals surface area contributed by atoms with Crippen molar-refractivity contribution in [2.75, 3.05) is 20.8 Å². The van der Waals surface area contributed by atoms with Crippen molar-refractivity contribution in [3.05, 3.63) is 41.9 Å². The smallest absolute Gasteiger partial charge is 0.395 e. The number of hydrogen-bond acceptors (Lipinski definition) is 6. The second-order valence-corrected chi connectivity index (χ2v) is 6.06. The number of esters is 1. The molecule has 1 rings (SSSR count). The maximum absolute atomic E-state index is 11.8. The summed E-state index contributed by atoms with van der Waals surface area (Å²) in [7, 11) is -1.28. The summed E-state index contributed by atoms with van der Waals surface area (Å²) in [4.78, 5) is 11.5. The van der Waals surface area contributed by atoms with Crippen molar-refractivity contribution in [3.63, 3.8) is 0 Å². The van der Waals surface area contributed by atoms with E-state index >= 15 is 0 Å². The third-order valence-corrected chi connectivity index (χ3v) is 4.06. The lowest BCUT2D eigenvalue weighted by molar-refractivity contribution is -0.141. The van der Waals surface area contributed by atoms with Gasteiger partial charge in [0, 0.05) is 14.2 Å². The van der Waals surface area contributed by atoms with Gasteiger partial charge >= 0.3 is 13.6 Å². The molecule has 1 aromatic rings. The molecule has 0 atom stereocenters. The van der Waals surface area contributed by atoms with Gasteiger partial charge in [-0.2, -0.15) is 0 Å². The fourth-order valence-electron chi connectivity index (χ4n) is 1.27. The highest BCUT2D eigenvalue weighted by atomic mass is 31.2. The van der Waals surface area contributed by atoms with E-state index in [1.54, 1.807) is 12.1 Å². The Morgan fingerprint density at radius 1 is 1.20 bits per heavy atom. The first kappa shape index (κ1) is 16.4. The van der Waals surface area contributed by atoms with Gasteiger partial charge < -0.3 is 18.5 Å². The number of ether oxygens (including phenoxy) is 2. The molecule has 6 nitrogen and oxygen atoms in total. The van der Waals surface area contributed by atoms with E-state index in [0.717, 1.165) is 5.56 Å². The molecule has 0 saturated carbocycles. The molecule has 0 aliphatic heterocycles. The van der Waals surface area contributed by atoms with E-state index in [4.69, 9.17) is 9.47 Å². The van der Waals surface area contributed by atoms with Gasteiger partial charge in [-0.05, 0) is 25.6 Å². The van der Waals surface area contributed by atoms with Crippen LogP contribution in [0.2, 0.25) is 0 Å². The second-order valence-electron chi connectivity index (χ2n) is 3.83. The lowest BCUT2D eigenvalue weighted by Gasteiger charge is -2.15. The van der Waals surface area contributed by atoms with Crippen LogP contribution in [0.15, 0.2) is 36.3 Å². The highest BCUT2D eigenvalue weighted by Crippen LogP contribution is 2.54. The number of aryl methyl sites for hydroxylation is 1. The van der Waals surface area contributed by atoms with E-state index < -0.39 is 13.6 Å². The molecule has 0 spiro atoms. The zero-order valence-electron chi connectivity index (χ0n) is 11.6. The molecule has 0 aliphatic rings. The molecule has 0 N–H and O–H groups in total. The summed E-state index contributed by atoms with van der Waals surface area (Å²) in [6, 6.07) is 7.16. The largest absolute Gasteiger partial charge is 0.482 e. The molecule has 0 amide bonds. The molecule has 7 heteroatoms. The Hall–Kier alpha value is -1.62. The van der Waals surface area contributed by atoms with Gasteiger partial charge in [-0.25, -0.2) is 4.79 Å². The van der Waals surface area contributed by atoms with Crippen molar-refractivity contribution in [1.82, 2.24) is 0 Å². The highest BCUT2D eigenvalue weighted by Gasteiger charge is 2.29. The molecule has 0 fully saturated rings. The van der Waals surface area contributed by atoms with Crippen LogP contribution in [-0.4, -0.2) is 26.8 Å². The van der Waals surface area contributed by atoms with Crippen LogP contribution in [0.5, 0.6) is 5.75 Å². The molecule has 0 aromatic heterocycles. The number of benzene rings is 1. The Morgan fingerprint density at radius 2 is 1.75 bits per heavy atom. The average Bonchev–Trinajstić information content (AvgIpc) is 2.45. The molecular formula is C13H17O6P. The maximum Gasteiger partial charge on any atom is 0.395 e. The van der Waals surface area contributed by atoms with Crippen LogP contribution in [0.1, 0.15) is 5.56 Å². The van der Waals surface area contributed by atoms with Gasteiger partial charge in [0.25, 0.3) is 0 Å². The SMILES string of the molecule is C=C(OC(=O)COc1ccc(C)cc1)P(=O)(OC)OC. The Balaban J connectivity index is 2.50. The van der Waals surface area contributed by atoms with Crippen molar-refractivity contribution < 1.29 is 27.9 Å². The van der Waals surface area contributed by atoms with Gasteiger partial charge in [-0.1, -0.05) is 17.7 Å². The molecule has 0 radical (unpaired) electrons. The van der Waals surface area contributed by atoms with Gasteiger partial charge in [0.15, 0.2) is 6.61 Å². The lowest BCUT2D eigenvalue weighted by Crippen LogP contribution is -2.15. The first-order valence-corrected chi connectivity index (χ1v) is 7.26. The van der Waals surface area contributed by atoms with Crippen molar-refractivity contribution in [1.29, 1.82) is 0 Å². The minimum absolute atomic E-state index is 0.338. The highest BCUT2D eigenvalue weighted by molar-refractivity contribution is 7.58. The summed E-state index contributed by atoms with van der Waals surface area (Å²) in [5.41, 5.74) is 0.703. The summed E-state index contributed by atoms with van der Waals surface area (Å²) >= 11 is 0. The van der Waals surface area contributed by atoms with Crippen molar-refractivity contribution >= 4 is 13.6 Å².